The summed E-state index contributed by atoms with van der Waals surface area (Å²) in [6.45, 7) is 1.52. The molecule has 0 saturated heterocycles. The summed E-state index contributed by atoms with van der Waals surface area (Å²) in [6, 6.07) is 5.19. The highest BCUT2D eigenvalue weighted by molar-refractivity contribution is 6.34. The highest BCUT2D eigenvalue weighted by Gasteiger charge is 2.04. The number of Topliss-reactive ketones (excluding diaryl/α,β-unsaturated/α-hetero) is 1. The van der Waals surface area contributed by atoms with Gasteiger partial charge in [0.05, 0.1) is 5.52 Å². The van der Waals surface area contributed by atoms with Crippen molar-refractivity contribution in [2.45, 2.75) is 6.92 Å². The topological polar surface area (TPSA) is 42.9 Å². The minimum absolute atomic E-state index is 0.0154. The molecular weight excluding hydrogens is 200 g/mol. The summed E-state index contributed by atoms with van der Waals surface area (Å²) in [5, 5.41) is 1.17. The van der Waals surface area contributed by atoms with E-state index < -0.39 is 0 Å². The van der Waals surface area contributed by atoms with Crippen LogP contribution in [-0.4, -0.2) is 15.8 Å². The molecule has 3 nitrogen and oxygen atoms in total. The van der Waals surface area contributed by atoms with E-state index >= 15 is 0 Å². The number of hydrogen-bond acceptors (Lipinski definition) is 3. The molecule has 0 fully saturated rings. The quantitative estimate of drug-likeness (QED) is 0.532. The molecule has 0 bridgehead atoms. The summed E-state index contributed by atoms with van der Waals surface area (Å²) < 4.78 is 0. The van der Waals surface area contributed by atoms with E-state index in [-0.39, 0.29) is 5.78 Å². The van der Waals surface area contributed by atoms with E-state index in [1.807, 2.05) is 0 Å². The molecular formula is C10H7ClN2O. The minimum atomic E-state index is 0.0154. The Bertz CT molecular complexity index is 510. The third-order valence-electron chi connectivity index (χ3n) is 1.99. The maximum Gasteiger partial charge on any atom is 0.159 e. The van der Waals surface area contributed by atoms with Crippen LogP contribution in [0.4, 0.5) is 0 Å². The Balaban J connectivity index is 2.73. The molecule has 0 radical (unpaired) electrons. The summed E-state index contributed by atoms with van der Waals surface area (Å²) in [7, 11) is 0. The van der Waals surface area contributed by atoms with Gasteiger partial charge in [0, 0.05) is 10.9 Å². The van der Waals surface area contributed by atoms with Crippen molar-refractivity contribution in [1.82, 2.24) is 9.97 Å². The number of ketones is 1. The fourth-order valence-corrected chi connectivity index (χ4v) is 1.45. The van der Waals surface area contributed by atoms with Gasteiger partial charge in [-0.3, -0.25) is 4.79 Å². The van der Waals surface area contributed by atoms with Gasteiger partial charge in [0.15, 0.2) is 5.78 Å². The Kier molecular flexibility index (Phi) is 2.17. The summed E-state index contributed by atoms with van der Waals surface area (Å²) in [6.07, 6.45) is 1.38. The number of hydrogen-bond donors (Lipinski definition) is 0. The largest absolute Gasteiger partial charge is 0.295 e. The van der Waals surface area contributed by atoms with E-state index in [2.05, 4.69) is 9.97 Å². The molecule has 2 rings (SSSR count). The predicted molar refractivity (Wildman–Crippen MR) is 54.6 cm³/mol. The zero-order valence-electron chi connectivity index (χ0n) is 7.49. The predicted octanol–water partition coefficient (Wildman–Crippen LogP) is 2.49. The van der Waals surface area contributed by atoms with Gasteiger partial charge in [-0.2, -0.15) is 0 Å². The molecule has 0 aliphatic heterocycles. The Morgan fingerprint density at radius 1 is 1.36 bits per heavy atom. The number of aromatic nitrogens is 2. The van der Waals surface area contributed by atoms with Crippen LogP contribution in [0.3, 0.4) is 0 Å². The average molecular weight is 207 g/mol. The van der Waals surface area contributed by atoms with Crippen molar-refractivity contribution in [1.29, 1.82) is 0 Å². The van der Waals surface area contributed by atoms with Crippen LogP contribution in [0, 0.1) is 0 Å². The zero-order chi connectivity index (χ0) is 10.1. The molecule has 1 aromatic carbocycles. The van der Waals surface area contributed by atoms with E-state index in [4.69, 9.17) is 11.6 Å². The van der Waals surface area contributed by atoms with Crippen molar-refractivity contribution >= 4 is 28.3 Å². The van der Waals surface area contributed by atoms with Crippen LogP contribution in [0.1, 0.15) is 17.3 Å². The smallest absolute Gasteiger partial charge is 0.159 e. The molecule has 70 valence electrons. The number of fused-ring (bicyclic) bond motifs is 1. The molecule has 0 saturated carbocycles. The number of carbonyl (C=O) groups excluding carboxylic acids is 1. The van der Waals surface area contributed by atoms with Crippen molar-refractivity contribution in [3.05, 3.63) is 35.2 Å². The standard InChI is InChI=1S/C10H7ClN2O/c1-6(14)7-2-3-8-9(4-7)12-5-13-10(8)11/h2-5H,1H3. The van der Waals surface area contributed by atoms with Gasteiger partial charge in [-0.1, -0.05) is 17.7 Å². The Labute approximate surface area is 85.7 Å². The number of rotatable bonds is 1. The first-order valence-electron chi connectivity index (χ1n) is 4.09. The van der Waals surface area contributed by atoms with Crippen molar-refractivity contribution < 1.29 is 4.79 Å². The summed E-state index contributed by atoms with van der Waals surface area (Å²) in [5.74, 6) is 0.0154. The highest BCUT2D eigenvalue weighted by Crippen LogP contribution is 2.20. The molecule has 2 aromatic rings. The average Bonchev–Trinajstić information content (AvgIpc) is 2.17. The van der Waals surface area contributed by atoms with Crippen molar-refractivity contribution in [2.75, 3.05) is 0 Å². The van der Waals surface area contributed by atoms with Crippen molar-refractivity contribution in [3.63, 3.8) is 0 Å². The highest BCUT2D eigenvalue weighted by atomic mass is 35.5. The molecule has 1 aromatic heterocycles. The van der Waals surface area contributed by atoms with Crippen LogP contribution in [0.25, 0.3) is 10.9 Å². The monoisotopic (exact) mass is 206 g/mol. The lowest BCUT2D eigenvalue weighted by Gasteiger charge is -2.00. The summed E-state index contributed by atoms with van der Waals surface area (Å²) in [4.78, 5) is 19.0. The molecule has 0 amide bonds. The van der Waals surface area contributed by atoms with E-state index in [9.17, 15) is 4.79 Å². The fraction of sp³-hybridized carbons (Fsp3) is 0.100. The van der Waals surface area contributed by atoms with E-state index in [0.717, 1.165) is 5.39 Å². The number of benzene rings is 1. The third kappa shape index (κ3) is 1.46. The summed E-state index contributed by atoms with van der Waals surface area (Å²) in [5.41, 5.74) is 1.32. The Morgan fingerprint density at radius 3 is 2.86 bits per heavy atom. The lowest BCUT2D eigenvalue weighted by Crippen LogP contribution is -1.92. The van der Waals surface area contributed by atoms with Crippen molar-refractivity contribution in [3.8, 4) is 0 Å². The van der Waals surface area contributed by atoms with E-state index in [1.165, 1.54) is 13.3 Å². The number of halogens is 1. The maximum atomic E-state index is 11.1. The second-order valence-corrected chi connectivity index (χ2v) is 3.31. The normalized spacial score (nSPS) is 10.4. The van der Waals surface area contributed by atoms with Crippen LogP contribution in [0.5, 0.6) is 0 Å². The lowest BCUT2D eigenvalue weighted by molar-refractivity contribution is 0.101. The zero-order valence-corrected chi connectivity index (χ0v) is 8.25. The second kappa shape index (κ2) is 3.35. The van der Waals surface area contributed by atoms with Crippen molar-refractivity contribution in [2.24, 2.45) is 0 Å². The van der Waals surface area contributed by atoms with Gasteiger partial charge < -0.3 is 0 Å². The first-order chi connectivity index (χ1) is 6.68. The van der Waals surface area contributed by atoms with Crippen LogP contribution in [0.2, 0.25) is 5.15 Å². The Hall–Kier alpha value is -1.48. The van der Waals surface area contributed by atoms with Gasteiger partial charge in [0.1, 0.15) is 11.5 Å². The van der Waals surface area contributed by atoms with Crippen LogP contribution < -0.4 is 0 Å². The first-order valence-corrected chi connectivity index (χ1v) is 4.47. The van der Waals surface area contributed by atoms with Gasteiger partial charge >= 0.3 is 0 Å². The Morgan fingerprint density at radius 2 is 2.14 bits per heavy atom. The molecule has 0 spiro atoms. The molecule has 0 N–H and O–H groups in total. The van der Waals surface area contributed by atoms with Crippen LogP contribution >= 0.6 is 11.6 Å². The van der Waals surface area contributed by atoms with Crippen LogP contribution in [-0.2, 0) is 0 Å². The second-order valence-electron chi connectivity index (χ2n) is 2.95. The van der Waals surface area contributed by atoms with Gasteiger partial charge in [0.25, 0.3) is 0 Å². The SMILES string of the molecule is CC(=O)c1ccc2c(Cl)ncnc2c1. The van der Waals surface area contributed by atoms with E-state index in [1.54, 1.807) is 18.2 Å². The van der Waals surface area contributed by atoms with E-state index in [0.29, 0.717) is 16.2 Å². The first kappa shape index (κ1) is 9.09. The molecule has 4 heteroatoms. The molecule has 0 atom stereocenters. The molecule has 14 heavy (non-hydrogen) atoms. The molecule has 1 heterocycles. The fourth-order valence-electron chi connectivity index (χ4n) is 1.24. The molecule has 0 aliphatic rings. The molecule has 0 aliphatic carbocycles. The third-order valence-corrected chi connectivity index (χ3v) is 2.30. The minimum Gasteiger partial charge on any atom is -0.295 e. The van der Waals surface area contributed by atoms with Crippen LogP contribution in [0.15, 0.2) is 24.5 Å². The molecule has 0 unspecified atom stereocenters. The van der Waals surface area contributed by atoms with Gasteiger partial charge in [0.2, 0.25) is 0 Å². The summed E-state index contributed by atoms with van der Waals surface area (Å²) >= 11 is 5.85. The maximum absolute atomic E-state index is 11.1. The van der Waals surface area contributed by atoms with Gasteiger partial charge in [-0.05, 0) is 19.1 Å². The number of carbonyl (C=O) groups is 1. The lowest BCUT2D eigenvalue weighted by atomic mass is 10.1. The number of nitrogens with zero attached hydrogens (tertiary/aromatic N) is 2. The van der Waals surface area contributed by atoms with Gasteiger partial charge in [-0.25, -0.2) is 9.97 Å². The van der Waals surface area contributed by atoms with Gasteiger partial charge in [-0.15, -0.1) is 0 Å².